The van der Waals surface area contributed by atoms with E-state index in [0.29, 0.717) is 12.1 Å². The van der Waals surface area contributed by atoms with E-state index in [2.05, 4.69) is 16.2 Å². The quantitative estimate of drug-likeness (QED) is 0.713. The van der Waals surface area contributed by atoms with Crippen molar-refractivity contribution in [2.45, 2.75) is 44.2 Å². The zero-order valence-electron chi connectivity index (χ0n) is 14.4. The van der Waals surface area contributed by atoms with Crippen LogP contribution in [0, 0.1) is 0 Å². The Labute approximate surface area is 138 Å². The molecule has 23 heavy (non-hydrogen) atoms. The molecule has 7 heteroatoms. The molecule has 0 aromatic carbocycles. The number of rotatable bonds is 6. The minimum absolute atomic E-state index is 0.378. The second-order valence-corrected chi connectivity index (χ2v) is 6.65. The Bertz CT molecular complexity index is 536. The summed E-state index contributed by atoms with van der Waals surface area (Å²) >= 11 is 0. The van der Waals surface area contributed by atoms with Gasteiger partial charge >= 0.3 is 0 Å². The van der Waals surface area contributed by atoms with Crippen molar-refractivity contribution in [3.8, 4) is 0 Å². The normalized spacial score (nSPS) is 23.6. The molecule has 0 bridgehead atoms. The molecule has 2 heterocycles. The van der Waals surface area contributed by atoms with Gasteiger partial charge in [-0.1, -0.05) is 0 Å². The highest BCUT2D eigenvalue weighted by Gasteiger charge is 2.24. The van der Waals surface area contributed by atoms with Crippen LogP contribution in [0.5, 0.6) is 0 Å². The SMILES string of the molecule is COCC1CC(CNc2nc(N(C)C)nc3c2CCCC3)NN1. The van der Waals surface area contributed by atoms with Crippen molar-refractivity contribution >= 4 is 11.8 Å². The van der Waals surface area contributed by atoms with Crippen molar-refractivity contribution in [2.75, 3.05) is 44.6 Å². The summed E-state index contributed by atoms with van der Waals surface area (Å²) in [4.78, 5) is 11.4. The van der Waals surface area contributed by atoms with Crippen LogP contribution in [0.2, 0.25) is 0 Å². The van der Waals surface area contributed by atoms with Gasteiger partial charge in [0.25, 0.3) is 0 Å². The van der Waals surface area contributed by atoms with E-state index in [9.17, 15) is 0 Å². The summed E-state index contributed by atoms with van der Waals surface area (Å²) in [5.41, 5.74) is 9.13. The van der Waals surface area contributed by atoms with Crippen molar-refractivity contribution in [1.29, 1.82) is 0 Å². The molecule has 7 nitrogen and oxygen atoms in total. The highest BCUT2D eigenvalue weighted by molar-refractivity contribution is 5.52. The Balaban J connectivity index is 1.68. The molecule has 1 fully saturated rings. The number of methoxy groups -OCH3 is 1. The molecule has 0 spiro atoms. The third-order valence-corrected chi connectivity index (χ3v) is 4.52. The summed E-state index contributed by atoms with van der Waals surface area (Å²) in [5.74, 6) is 1.80. The van der Waals surface area contributed by atoms with E-state index >= 15 is 0 Å². The average molecular weight is 320 g/mol. The summed E-state index contributed by atoms with van der Waals surface area (Å²) in [6.45, 7) is 1.58. The van der Waals surface area contributed by atoms with Crippen LogP contribution < -0.4 is 21.1 Å². The first-order valence-electron chi connectivity index (χ1n) is 8.48. The van der Waals surface area contributed by atoms with E-state index in [1.54, 1.807) is 7.11 Å². The molecule has 3 N–H and O–H groups in total. The standard InChI is InChI=1S/C16H28N6O/c1-22(2)16-18-14-7-5-4-6-13(14)15(19-16)17-9-11-8-12(10-23-3)21-20-11/h11-12,20-21H,4-10H2,1-3H3,(H,17,18,19). The number of hydrogen-bond acceptors (Lipinski definition) is 7. The molecule has 128 valence electrons. The second kappa shape index (κ2) is 7.42. The zero-order valence-corrected chi connectivity index (χ0v) is 14.4. The van der Waals surface area contributed by atoms with Gasteiger partial charge in [-0.3, -0.25) is 10.9 Å². The van der Waals surface area contributed by atoms with Gasteiger partial charge in [0.15, 0.2) is 0 Å². The van der Waals surface area contributed by atoms with Gasteiger partial charge < -0.3 is 15.0 Å². The molecule has 1 aromatic rings. The second-order valence-electron chi connectivity index (χ2n) is 6.65. The maximum absolute atomic E-state index is 5.20. The van der Waals surface area contributed by atoms with Gasteiger partial charge in [-0.05, 0) is 32.1 Å². The third kappa shape index (κ3) is 3.91. The van der Waals surface area contributed by atoms with Gasteiger partial charge in [-0.15, -0.1) is 0 Å². The minimum atomic E-state index is 0.378. The number of anilines is 2. The predicted molar refractivity (Wildman–Crippen MR) is 91.8 cm³/mol. The largest absolute Gasteiger partial charge is 0.383 e. The molecule has 0 saturated carbocycles. The first kappa shape index (κ1) is 16.4. The van der Waals surface area contributed by atoms with Crippen LogP contribution >= 0.6 is 0 Å². The number of hydrazine groups is 1. The molecular formula is C16H28N6O. The molecule has 2 atom stereocenters. The Kier molecular flexibility index (Phi) is 5.30. The number of aryl methyl sites for hydroxylation is 1. The monoisotopic (exact) mass is 320 g/mol. The number of ether oxygens (including phenoxy) is 1. The number of nitrogens with zero attached hydrogens (tertiary/aromatic N) is 3. The van der Waals surface area contributed by atoms with Gasteiger partial charge in [0.05, 0.1) is 12.3 Å². The van der Waals surface area contributed by atoms with Crippen molar-refractivity contribution in [2.24, 2.45) is 0 Å². The van der Waals surface area contributed by atoms with Crippen molar-refractivity contribution in [3.63, 3.8) is 0 Å². The number of nitrogens with one attached hydrogen (secondary N) is 3. The number of hydrogen-bond donors (Lipinski definition) is 3. The summed E-state index contributed by atoms with van der Waals surface area (Å²) in [5, 5.41) is 3.55. The minimum Gasteiger partial charge on any atom is -0.383 e. The fraction of sp³-hybridized carbons (Fsp3) is 0.750. The fourth-order valence-electron chi connectivity index (χ4n) is 3.29. The molecule has 2 aliphatic rings. The molecule has 0 amide bonds. The van der Waals surface area contributed by atoms with E-state index in [1.807, 2.05) is 19.0 Å². The van der Waals surface area contributed by atoms with E-state index in [0.717, 1.165) is 44.2 Å². The average Bonchev–Trinajstić information content (AvgIpc) is 3.00. The topological polar surface area (TPSA) is 74.3 Å². The summed E-state index contributed by atoms with van der Waals surface area (Å²) in [6, 6.07) is 0.760. The molecule has 1 aliphatic carbocycles. The number of fused-ring (bicyclic) bond motifs is 1. The van der Waals surface area contributed by atoms with Crippen LogP contribution in [0.4, 0.5) is 11.8 Å². The van der Waals surface area contributed by atoms with Crippen molar-refractivity contribution in [1.82, 2.24) is 20.8 Å². The van der Waals surface area contributed by atoms with Crippen LogP contribution in [0.15, 0.2) is 0 Å². The van der Waals surface area contributed by atoms with Crippen LogP contribution in [-0.4, -0.2) is 56.4 Å². The first-order chi connectivity index (χ1) is 11.2. The zero-order chi connectivity index (χ0) is 16.2. The van der Waals surface area contributed by atoms with Crippen LogP contribution in [0.3, 0.4) is 0 Å². The lowest BCUT2D eigenvalue weighted by molar-refractivity contribution is 0.171. The smallest absolute Gasteiger partial charge is 0.227 e. The van der Waals surface area contributed by atoms with E-state index in [4.69, 9.17) is 14.7 Å². The van der Waals surface area contributed by atoms with Gasteiger partial charge in [0, 0.05) is 45.4 Å². The molecular weight excluding hydrogens is 292 g/mol. The lowest BCUT2D eigenvalue weighted by Gasteiger charge is -2.22. The first-order valence-corrected chi connectivity index (χ1v) is 8.48. The van der Waals surface area contributed by atoms with Gasteiger partial charge in [-0.25, -0.2) is 4.98 Å². The Hall–Kier alpha value is -1.44. The van der Waals surface area contributed by atoms with E-state index in [-0.39, 0.29) is 0 Å². The van der Waals surface area contributed by atoms with Gasteiger partial charge in [0.1, 0.15) is 5.82 Å². The molecule has 3 rings (SSSR count). The highest BCUT2D eigenvalue weighted by atomic mass is 16.5. The molecule has 0 radical (unpaired) electrons. The fourth-order valence-corrected chi connectivity index (χ4v) is 3.29. The summed E-state index contributed by atoms with van der Waals surface area (Å²) < 4.78 is 5.20. The van der Waals surface area contributed by atoms with E-state index in [1.165, 1.54) is 24.1 Å². The van der Waals surface area contributed by atoms with Crippen LogP contribution in [0.25, 0.3) is 0 Å². The van der Waals surface area contributed by atoms with Gasteiger partial charge in [0.2, 0.25) is 5.95 Å². The maximum atomic E-state index is 5.20. The molecule has 2 unspecified atom stereocenters. The van der Waals surface area contributed by atoms with Gasteiger partial charge in [-0.2, -0.15) is 4.98 Å². The van der Waals surface area contributed by atoms with E-state index < -0.39 is 0 Å². The van der Waals surface area contributed by atoms with Crippen molar-refractivity contribution in [3.05, 3.63) is 11.3 Å². The number of aromatic nitrogens is 2. The highest BCUT2D eigenvalue weighted by Crippen LogP contribution is 2.27. The van der Waals surface area contributed by atoms with Crippen molar-refractivity contribution < 1.29 is 4.74 Å². The lowest BCUT2D eigenvalue weighted by atomic mass is 9.96. The Morgan fingerprint density at radius 2 is 1.96 bits per heavy atom. The summed E-state index contributed by atoms with van der Waals surface area (Å²) in [6.07, 6.45) is 5.64. The Morgan fingerprint density at radius 1 is 1.17 bits per heavy atom. The van der Waals surface area contributed by atoms with Crippen LogP contribution in [-0.2, 0) is 17.6 Å². The Morgan fingerprint density at radius 3 is 2.74 bits per heavy atom. The summed E-state index contributed by atoms with van der Waals surface area (Å²) in [7, 11) is 5.72. The van der Waals surface area contributed by atoms with Crippen LogP contribution in [0.1, 0.15) is 30.5 Å². The molecule has 1 saturated heterocycles. The lowest BCUT2D eigenvalue weighted by Crippen LogP contribution is -2.37. The third-order valence-electron chi connectivity index (χ3n) is 4.52. The predicted octanol–water partition coefficient (Wildman–Crippen LogP) is 0.715. The molecule has 1 aliphatic heterocycles. The maximum Gasteiger partial charge on any atom is 0.227 e. The molecule has 1 aromatic heterocycles.